The van der Waals surface area contributed by atoms with Gasteiger partial charge in [0.15, 0.2) is 0 Å². The summed E-state index contributed by atoms with van der Waals surface area (Å²) in [5, 5.41) is 0.902. The molecule has 6 heteroatoms. The van der Waals surface area contributed by atoms with Gasteiger partial charge in [0.1, 0.15) is 10.3 Å². The molecule has 1 amide bonds. The number of hydrogen-bond acceptors (Lipinski definition) is 3. The zero-order chi connectivity index (χ0) is 13.3. The van der Waals surface area contributed by atoms with Crippen molar-refractivity contribution in [1.29, 1.82) is 0 Å². The molecule has 1 saturated heterocycles. The first kappa shape index (κ1) is 14.0. The number of hydrogen-bond donors (Lipinski definition) is 0. The quantitative estimate of drug-likeness (QED) is 0.746. The molecule has 98 valence electrons. The normalized spacial score (nSPS) is 24.1. The molecule has 1 aromatic rings. The summed E-state index contributed by atoms with van der Waals surface area (Å²) in [7, 11) is 0. The predicted molar refractivity (Wildman–Crippen MR) is 76.7 cm³/mol. The summed E-state index contributed by atoms with van der Waals surface area (Å²) in [6.07, 6.45) is 0. The first-order valence-corrected chi connectivity index (χ1v) is 7.56. The molecular formula is C12H14Cl2N2OS. The fourth-order valence-corrected chi connectivity index (χ4v) is 3.47. The molecule has 1 aliphatic heterocycles. The molecule has 1 fully saturated rings. The number of pyridine rings is 1. The zero-order valence-electron chi connectivity index (χ0n) is 10.2. The Bertz CT molecular complexity index is 469. The molecule has 18 heavy (non-hydrogen) atoms. The lowest BCUT2D eigenvalue weighted by molar-refractivity contribution is 0.0698. The van der Waals surface area contributed by atoms with E-state index in [1.165, 1.54) is 0 Å². The molecular weight excluding hydrogens is 291 g/mol. The number of thioether (sulfide) groups is 1. The van der Waals surface area contributed by atoms with E-state index in [1.54, 1.807) is 12.1 Å². The lowest BCUT2D eigenvalue weighted by Gasteiger charge is -2.37. The van der Waals surface area contributed by atoms with Crippen LogP contribution in [0.15, 0.2) is 12.1 Å². The Balaban J connectivity index is 2.25. The summed E-state index contributed by atoms with van der Waals surface area (Å²) in [5.74, 6) is 0.888. The lowest BCUT2D eigenvalue weighted by Crippen LogP contribution is -2.48. The van der Waals surface area contributed by atoms with Crippen molar-refractivity contribution in [2.75, 3.05) is 12.3 Å². The Kier molecular flexibility index (Phi) is 4.41. The fraction of sp³-hybridized carbons (Fsp3) is 0.500. The first-order chi connectivity index (χ1) is 8.50. The predicted octanol–water partition coefficient (Wildman–Crippen LogP) is 3.35. The van der Waals surface area contributed by atoms with Gasteiger partial charge in [-0.2, -0.15) is 11.8 Å². The van der Waals surface area contributed by atoms with Gasteiger partial charge >= 0.3 is 0 Å². The fourth-order valence-electron chi connectivity index (χ4n) is 1.95. The van der Waals surface area contributed by atoms with Crippen LogP contribution in [-0.2, 0) is 0 Å². The van der Waals surface area contributed by atoms with E-state index in [-0.39, 0.29) is 17.1 Å². The van der Waals surface area contributed by atoms with Gasteiger partial charge in [-0.15, -0.1) is 0 Å². The Morgan fingerprint density at radius 2 is 2.17 bits per heavy atom. The number of amides is 1. The summed E-state index contributed by atoms with van der Waals surface area (Å²) in [5.41, 5.74) is 0.423. The molecule has 2 heterocycles. The third-order valence-electron chi connectivity index (χ3n) is 3.19. The van der Waals surface area contributed by atoms with Crippen LogP contribution in [0.5, 0.6) is 0 Å². The average molecular weight is 305 g/mol. The maximum Gasteiger partial charge on any atom is 0.257 e. The number of aromatic nitrogens is 1. The van der Waals surface area contributed by atoms with Crippen molar-refractivity contribution >= 4 is 40.9 Å². The van der Waals surface area contributed by atoms with Gasteiger partial charge < -0.3 is 4.90 Å². The number of rotatable bonds is 1. The van der Waals surface area contributed by atoms with Gasteiger partial charge in [0.25, 0.3) is 5.91 Å². The summed E-state index contributed by atoms with van der Waals surface area (Å²) < 4.78 is 0. The van der Waals surface area contributed by atoms with Crippen molar-refractivity contribution in [1.82, 2.24) is 9.88 Å². The van der Waals surface area contributed by atoms with Gasteiger partial charge in [-0.25, -0.2) is 4.98 Å². The van der Waals surface area contributed by atoms with E-state index in [4.69, 9.17) is 23.2 Å². The molecule has 2 rings (SSSR count). The second-order valence-corrected chi connectivity index (χ2v) is 6.52. The van der Waals surface area contributed by atoms with Gasteiger partial charge in [-0.1, -0.05) is 30.1 Å². The summed E-state index contributed by atoms with van der Waals surface area (Å²) in [6.45, 7) is 4.94. The van der Waals surface area contributed by atoms with Crippen molar-refractivity contribution in [2.45, 2.75) is 25.1 Å². The van der Waals surface area contributed by atoms with Crippen molar-refractivity contribution in [2.24, 2.45) is 0 Å². The number of halogens is 2. The highest BCUT2D eigenvalue weighted by molar-refractivity contribution is 8.00. The Labute approximate surface area is 121 Å². The summed E-state index contributed by atoms with van der Waals surface area (Å²) in [4.78, 5) is 18.2. The molecule has 0 radical (unpaired) electrons. The highest BCUT2D eigenvalue weighted by Crippen LogP contribution is 2.27. The maximum atomic E-state index is 12.4. The second-order valence-electron chi connectivity index (χ2n) is 4.29. The maximum absolute atomic E-state index is 12.4. The minimum absolute atomic E-state index is 0.0659. The Morgan fingerprint density at radius 1 is 1.44 bits per heavy atom. The molecule has 3 nitrogen and oxygen atoms in total. The van der Waals surface area contributed by atoms with Crippen LogP contribution in [0.25, 0.3) is 0 Å². The second kappa shape index (κ2) is 5.68. The molecule has 0 aliphatic carbocycles. The number of nitrogens with zero attached hydrogens (tertiary/aromatic N) is 2. The smallest absolute Gasteiger partial charge is 0.257 e. The average Bonchev–Trinajstić information content (AvgIpc) is 2.32. The van der Waals surface area contributed by atoms with Crippen LogP contribution in [-0.4, -0.2) is 39.4 Å². The topological polar surface area (TPSA) is 33.2 Å². The largest absolute Gasteiger partial charge is 0.334 e. The number of carbonyl (C=O) groups is 1. The van der Waals surface area contributed by atoms with Crippen LogP contribution in [0.4, 0.5) is 0 Å². The third-order valence-corrected chi connectivity index (χ3v) is 5.03. The van der Waals surface area contributed by atoms with E-state index >= 15 is 0 Å². The van der Waals surface area contributed by atoms with Crippen LogP contribution in [0.2, 0.25) is 10.3 Å². The Morgan fingerprint density at radius 3 is 2.83 bits per heavy atom. The van der Waals surface area contributed by atoms with Crippen molar-refractivity contribution in [3.63, 3.8) is 0 Å². The SMILES string of the molecule is CC1SCCN(C(=O)c2ccc(Cl)nc2Cl)C1C. The third kappa shape index (κ3) is 2.76. The minimum atomic E-state index is -0.0659. The molecule has 2 unspecified atom stereocenters. The molecule has 0 spiro atoms. The number of carbonyl (C=O) groups excluding carboxylic acids is 1. The van der Waals surface area contributed by atoms with Gasteiger partial charge in [-0.05, 0) is 19.1 Å². The van der Waals surface area contributed by atoms with Crippen molar-refractivity contribution in [3.8, 4) is 0 Å². The van der Waals surface area contributed by atoms with E-state index in [0.717, 1.165) is 12.3 Å². The monoisotopic (exact) mass is 304 g/mol. The van der Waals surface area contributed by atoms with Crippen LogP contribution in [0.3, 0.4) is 0 Å². The van der Waals surface area contributed by atoms with Crippen LogP contribution < -0.4 is 0 Å². The highest BCUT2D eigenvalue weighted by Gasteiger charge is 2.30. The van der Waals surface area contributed by atoms with E-state index in [1.807, 2.05) is 16.7 Å². The van der Waals surface area contributed by atoms with E-state index in [9.17, 15) is 4.79 Å². The van der Waals surface area contributed by atoms with E-state index in [2.05, 4.69) is 18.8 Å². The standard InChI is InChI=1S/C12H14Cl2N2OS/c1-7-8(2)18-6-5-16(7)12(17)9-3-4-10(13)15-11(9)14/h3-4,7-8H,5-6H2,1-2H3. The first-order valence-electron chi connectivity index (χ1n) is 5.75. The van der Waals surface area contributed by atoms with E-state index in [0.29, 0.717) is 16.0 Å². The molecule has 2 atom stereocenters. The molecule has 0 bridgehead atoms. The van der Waals surface area contributed by atoms with Gasteiger partial charge in [0.05, 0.1) is 5.56 Å². The zero-order valence-corrected chi connectivity index (χ0v) is 12.5. The molecule has 0 N–H and O–H groups in total. The van der Waals surface area contributed by atoms with Crippen molar-refractivity contribution < 1.29 is 4.79 Å². The summed E-state index contributed by atoms with van der Waals surface area (Å²) in [6, 6.07) is 3.43. The highest BCUT2D eigenvalue weighted by atomic mass is 35.5. The van der Waals surface area contributed by atoms with Gasteiger partial charge in [0, 0.05) is 23.6 Å². The van der Waals surface area contributed by atoms with Gasteiger partial charge in [0.2, 0.25) is 0 Å². The van der Waals surface area contributed by atoms with Crippen LogP contribution >= 0.6 is 35.0 Å². The van der Waals surface area contributed by atoms with Crippen LogP contribution in [0, 0.1) is 0 Å². The van der Waals surface area contributed by atoms with Crippen molar-refractivity contribution in [3.05, 3.63) is 28.0 Å². The van der Waals surface area contributed by atoms with E-state index < -0.39 is 0 Å². The van der Waals surface area contributed by atoms with Crippen LogP contribution in [0.1, 0.15) is 24.2 Å². The molecule has 0 aromatic carbocycles. The molecule has 1 aromatic heterocycles. The molecule has 1 aliphatic rings. The summed E-state index contributed by atoms with van der Waals surface area (Å²) >= 11 is 13.6. The minimum Gasteiger partial charge on any atom is -0.334 e. The Hall–Kier alpha value is -0.450. The molecule has 0 saturated carbocycles. The lowest BCUT2D eigenvalue weighted by atomic mass is 10.1. The van der Waals surface area contributed by atoms with Gasteiger partial charge in [-0.3, -0.25) is 4.79 Å².